The van der Waals surface area contributed by atoms with Gasteiger partial charge in [-0.2, -0.15) is 20.0 Å². The van der Waals surface area contributed by atoms with Gasteiger partial charge in [-0.15, -0.1) is 5.10 Å². The Kier molecular flexibility index (Phi) is 6.80. The van der Waals surface area contributed by atoms with Crippen LogP contribution in [0.15, 0.2) is 18.3 Å². The lowest BCUT2D eigenvalue weighted by Crippen LogP contribution is -2.61. The second kappa shape index (κ2) is 10.2. The number of nitriles is 2. The van der Waals surface area contributed by atoms with Crippen LogP contribution in [0.4, 0.5) is 27.9 Å². The lowest BCUT2D eigenvalue weighted by atomic mass is 10.0. The summed E-state index contributed by atoms with van der Waals surface area (Å²) in [5.41, 5.74) is 2.07. The third-order valence-electron chi connectivity index (χ3n) is 6.86. The van der Waals surface area contributed by atoms with Crippen LogP contribution in [0.3, 0.4) is 0 Å². The highest BCUT2D eigenvalue weighted by Gasteiger charge is 2.34. The van der Waals surface area contributed by atoms with Gasteiger partial charge in [-0.1, -0.05) is 11.6 Å². The molecule has 1 aromatic carbocycles. The highest BCUT2D eigenvalue weighted by Crippen LogP contribution is 2.37. The largest absolute Gasteiger partial charge is 0.465 e. The minimum atomic E-state index is -0.977. The minimum Gasteiger partial charge on any atom is -0.465 e. The number of carbonyl (C=O) groups is 1. The number of halogens is 1. The first-order valence-corrected chi connectivity index (χ1v) is 12.6. The van der Waals surface area contributed by atoms with Crippen molar-refractivity contribution in [2.75, 3.05) is 42.2 Å². The van der Waals surface area contributed by atoms with Gasteiger partial charge >= 0.3 is 6.09 Å². The standard InChI is InChI=1S/C24H26ClN11O2/c1-13(28-2)19-12-34(5-6-35(19)24(37)38)18-8-14(9-26)7-17(20(18)25)31-23-32-21(30-15-3-4-15)22-29-11-16(10-27)36(22)33-23/h7-8,11,13,15,19,28H,3-6,12H2,1-2H3,(H,37,38)(H2,30,31,32,33). The quantitative estimate of drug-likeness (QED) is 0.350. The zero-order chi connectivity index (χ0) is 27.0. The Morgan fingerprint density at radius 1 is 1.26 bits per heavy atom. The van der Waals surface area contributed by atoms with E-state index in [1.807, 2.05) is 11.8 Å². The molecule has 0 bridgehead atoms. The van der Waals surface area contributed by atoms with Crippen LogP contribution in [-0.2, 0) is 0 Å². The number of amides is 1. The number of likely N-dealkylation sites (N-methyl/N-ethyl adjacent to an activating group) is 1. The molecule has 1 aliphatic carbocycles. The van der Waals surface area contributed by atoms with E-state index in [9.17, 15) is 20.4 Å². The number of rotatable bonds is 7. The van der Waals surface area contributed by atoms with Gasteiger partial charge in [0, 0.05) is 31.7 Å². The number of nitrogens with one attached hydrogen (secondary N) is 3. The number of piperazine rings is 1. The second-order valence-electron chi connectivity index (χ2n) is 9.35. The zero-order valence-corrected chi connectivity index (χ0v) is 21.6. The Morgan fingerprint density at radius 2 is 2.05 bits per heavy atom. The second-order valence-corrected chi connectivity index (χ2v) is 9.73. The van der Waals surface area contributed by atoms with E-state index in [1.54, 1.807) is 19.2 Å². The van der Waals surface area contributed by atoms with Crippen molar-refractivity contribution in [2.45, 2.75) is 37.9 Å². The fourth-order valence-corrected chi connectivity index (χ4v) is 4.81. The lowest BCUT2D eigenvalue weighted by Gasteiger charge is -2.43. The first-order chi connectivity index (χ1) is 18.3. The Hall–Kier alpha value is -4.33. The summed E-state index contributed by atoms with van der Waals surface area (Å²) in [5.74, 6) is 0.670. The average molecular weight is 536 g/mol. The molecule has 2 fully saturated rings. The molecule has 1 amide bonds. The summed E-state index contributed by atoms with van der Waals surface area (Å²) in [5, 5.41) is 43.3. The molecule has 14 heteroatoms. The number of hydrogen-bond acceptors (Lipinski definition) is 10. The molecule has 0 spiro atoms. The van der Waals surface area contributed by atoms with E-state index >= 15 is 0 Å². The van der Waals surface area contributed by atoms with Gasteiger partial charge in [0.15, 0.2) is 17.2 Å². The van der Waals surface area contributed by atoms with E-state index in [0.717, 1.165) is 12.8 Å². The summed E-state index contributed by atoms with van der Waals surface area (Å²) < 4.78 is 1.41. The average Bonchev–Trinajstić information content (AvgIpc) is 3.64. The van der Waals surface area contributed by atoms with E-state index in [2.05, 4.69) is 43.2 Å². The van der Waals surface area contributed by atoms with Crippen LogP contribution in [0.1, 0.15) is 31.0 Å². The number of nitrogens with zero attached hydrogens (tertiary/aromatic N) is 8. The summed E-state index contributed by atoms with van der Waals surface area (Å²) in [7, 11) is 1.79. The fraction of sp³-hybridized carbons (Fsp3) is 0.417. The smallest absolute Gasteiger partial charge is 0.407 e. The monoisotopic (exact) mass is 535 g/mol. The molecule has 4 N–H and O–H groups in total. The Bertz CT molecular complexity index is 1470. The van der Waals surface area contributed by atoms with Crippen molar-refractivity contribution in [3.8, 4) is 12.1 Å². The number of benzene rings is 1. The first kappa shape index (κ1) is 25.3. The van der Waals surface area contributed by atoms with Crippen molar-refractivity contribution in [2.24, 2.45) is 0 Å². The molecule has 1 saturated carbocycles. The molecule has 1 saturated heterocycles. The van der Waals surface area contributed by atoms with Gasteiger partial charge in [-0.05, 0) is 38.9 Å². The van der Waals surface area contributed by atoms with Gasteiger partial charge in [0.1, 0.15) is 6.07 Å². The van der Waals surface area contributed by atoms with E-state index in [-0.39, 0.29) is 30.3 Å². The van der Waals surface area contributed by atoms with Crippen LogP contribution >= 0.6 is 11.6 Å². The van der Waals surface area contributed by atoms with Crippen molar-refractivity contribution in [3.05, 3.63) is 34.6 Å². The number of aromatic nitrogens is 4. The predicted molar refractivity (Wildman–Crippen MR) is 141 cm³/mol. The number of imidazole rings is 1. The van der Waals surface area contributed by atoms with Gasteiger partial charge < -0.3 is 30.9 Å². The molecule has 2 aromatic heterocycles. The Labute approximate surface area is 223 Å². The van der Waals surface area contributed by atoms with Crippen molar-refractivity contribution < 1.29 is 9.90 Å². The number of anilines is 4. The summed E-state index contributed by atoms with van der Waals surface area (Å²) in [4.78, 5) is 24.1. The maximum absolute atomic E-state index is 11.8. The Balaban J connectivity index is 1.51. The summed E-state index contributed by atoms with van der Waals surface area (Å²) >= 11 is 6.87. The third-order valence-corrected chi connectivity index (χ3v) is 7.26. The van der Waals surface area contributed by atoms with Gasteiger partial charge in [0.05, 0.1) is 40.3 Å². The normalized spacial score (nSPS) is 18.1. The van der Waals surface area contributed by atoms with Crippen LogP contribution in [-0.4, -0.2) is 80.5 Å². The highest BCUT2D eigenvalue weighted by atomic mass is 35.5. The lowest BCUT2D eigenvalue weighted by molar-refractivity contribution is 0.107. The molecule has 2 aliphatic rings. The van der Waals surface area contributed by atoms with Crippen molar-refractivity contribution in [3.63, 3.8) is 0 Å². The SMILES string of the molecule is CNC(C)C1CN(c2cc(C#N)cc(Nc3nc(NC4CC4)c4ncc(C#N)n4n3)c2Cl)CCN1C(=O)O. The molecule has 2 atom stereocenters. The van der Waals surface area contributed by atoms with Crippen LogP contribution in [0, 0.1) is 22.7 Å². The van der Waals surface area contributed by atoms with Crippen LogP contribution in [0.2, 0.25) is 5.02 Å². The predicted octanol–water partition coefficient (Wildman–Crippen LogP) is 2.62. The maximum Gasteiger partial charge on any atom is 0.407 e. The van der Waals surface area contributed by atoms with E-state index in [4.69, 9.17) is 11.6 Å². The highest BCUT2D eigenvalue weighted by molar-refractivity contribution is 6.36. The van der Waals surface area contributed by atoms with Crippen molar-refractivity contribution in [1.29, 1.82) is 10.5 Å². The first-order valence-electron chi connectivity index (χ1n) is 12.2. The molecule has 5 rings (SSSR count). The van der Waals surface area contributed by atoms with E-state index in [1.165, 1.54) is 15.6 Å². The van der Waals surface area contributed by atoms with Crippen molar-refractivity contribution in [1.82, 2.24) is 29.8 Å². The number of fused-ring (bicyclic) bond motifs is 1. The van der Waals surface area contributed by atoms with Gasteiger partial charge in [0.25, 0.3) is 0 Å². The van der Waals surface area contributed by atoms with Gasteiger partial charge in [0.2, 0.25) is 5.95 Å². The Morgan fingerprint density at radius 3 is 2.71 bits per heavy atom. The summed E-state index contributed by atoms with van der Waals surface area (Å²) in [6, 6.07) is 7.41. The zero-order valence-electron chi connectivity index (χ0n) is 20.8. The van der Waals surface area contributed by atoms with E-state index in [0.29, 0.717) is 52.6 Å². The molecule has 2 unspecified atom stereocenters. The fourth-order valence-electron chi connectivity index (χ4n) is 4.53. The summed E-state index contributed by atoms with van der Waals surface area (Å²) in [6.45, 7) is 3.01. The van der Waals surface area contributed by atoms with Crippen molar-refractivity contribution >= 4 is 46.5 Å². The molecule has 1 aliphatic heterocycles. The molecule has 3 heterocycles. The number of carboxylic acid groups (broad SMARTS) is 1. The summed E-state index contributed by atoms with van der Waals surface area (Å²) in [6.07, 6.45) is 2.50. The molecule has 0 radical (unpaired) electrons. The number of hydrogen-bond donors (Lipinski definition) is 4. The third kappa shape index (κ3) is 4.81. The molecule has 196 valence electrons. The molecule has 38 heavy (non-hydrogen) atoms. The molecular weight excluding hydrogens is 510 g/mol. The van der Waals surface area contributed by atoms with Crippen LogP contribution < -0.4 is 20.9 Å². The van der Waals surface area contributed by atoms with Gasteiger partial charge in [-0.3, -0.25) is 0 Å². The van der Waals surface area contributed by atoms with E-state index < -0.39 is 6.09 Å². The topological polar surface area (TPSA) is 171 Å². The van der Waals surface area contributed by atoms with Gasteiger partial charge in [-0.25, -0.2) is 9.78 Å². The maximum atomic E-state index is 11.8. The molecular formula is C24H26ClN11O2. The van der Waals surface area contributed by atoms with Crippen LogP contribution in [0.25, 0.3) is 5.65 Å². The molecule has 3 aromatic rings. The van der Waals surface area contributed by atoms with Crippen LogP contribution in [0.5, 0.6) is 0 Å². The molecule has 13 nitrogen and oxygen atoms in total. The minimum absolute atomic E-state index is 0.105.